The third-order valence-corrected chi connectivity index (χ3v) is 5.39. The predicted octanol–water partition coefficient (Wildman–Crippen LogP) is 3.80. The highest BCUT2D eigenvalue weighted by atomic mass is 16.2. The van der Waals surface area contributed by atoms with Crippen LogP contribution in [0.2, 0.25) is 0 Å². The van der Waals surface area contributed by atoms with E-state index in [1.165, 1.54) is 0 Å². The number of hydrogen-bond acceptors (Lipinski definition) is 5. The van der Waals surface area contributed by atoms with Crippen LogP contribution in [0.3, 0.4) is 0 Å². The molecule has 150 valence electrons. The van der Waals surface area contributed by atoms with Gasteiger partial charge < -0.3 is 15.1 Å². The molecule has 29 heavy (non-hydrogen) atoms. The molecular formula is C23H27N5O. The van der Waals surface area contributed by atoms with Gasteiger partial charge in [-0.2, -0.15) is 0 Å². The lowest BCUT2D eigenvalue weighted by Gasteiger charge is -2.29. The molecule has 0 saturated carbocycles. The lowest BCUT2D eigenvalue weighted by molar-refractivity contribution is 0.0709. The molecule has 6 heteroatoms. The third kappa shape index (κ3) is 4.01. The number of carbonyl (C=O) groups is 1. The van der Waals surface area contributed by atoms with E-state index in [4.69, 9.17) is 4.98 Å². The molecule has 0 aliphatic carbocycles. The second kappa shape index (κ2) is 8.47. The average Bonchev–Trinajstić information content (AvgIpc) is 2.95. The first-order chi connectivity index (χ1) is 14.2. The highest BCUT2D eigenvalue weighted by Gasteiger charge is 2.28. The van der Waals surface area contributed by atoms with E-state index in [1.807, 2.05) is 66.6 Å². The van der Waals surface area contributed by atoms with Crippen LogP contribution in [0.15, 0.2) is 54.7 Å². The van der Waals surface area contributed by atoms with Gasteiger partial charge in [0, 0.05) is 49.5 Å². The summed E-state index contributed by atoms with van der Waals surface area (Å²) >= 11 is 0. The Morgan fingerprint density at radius 3 is 2.79 bits per heavy atom. The van der Waals surface area contributed by atoms with Crippen molar-refractivity contribution in [3.8, 4) is 0 Å². The lowest BCUT2D eigenvalue weighted by Crippen LogP contribution is -2.43. The molecule has 1 aromatic heterocycles. The molecule has 1 N–H and O–H groups in total. The van der Waals surface area contributed by atoms with Gasteiger partial charge in [-0.15, -0.1) is 0 Å². The zero-order chi connectivity index (χ0) is 20.2. The van der Waals surface area contributed by atoms with Crippen molar-refractivity contribution in [2.45, 2.75) is 26.3 Å². The van der Waals surface area contributed by atoms with Gasteiger partial charge in [0.25, 0.3) is 5.91 Å². The van der Waals surface area contributed by atoms with Crippen LogP contribution in [-0.2, 0) is 0 Å². The van der Waals surface area contributed by atoms with Crippen molar-refractivity contribution in [2.75, 3.05) is 36.4 Å². The molecule has 2 aromatic carbocycles. The number of hydrogen-bond donors (Lipinski definition) is 1. The minimum absolute atomic E-state index is 0.0646. The van der Waals surface area contributed by atoms with Gasteiger partial charge in [-0.05, 0) is 38.5 Å². The minimum Gasteiger partial charge on any atom is -0.385 e. The van der Waals surface area contributed by atoms with Crippen LogP contribution in [-0.4, -0.2) is 53.0 Å². The smallest absolute Gasteiger partial charge is 0.256 e. The molecule has 1 aliphatic heterocycles. The van der Waals surface area contributed by atoms with Crippen molar-refractivity contribution >= 4 is 28.4 Å². The average molecular weight is 390 g/mol. The van der Waals surface area contributed by atoms with E-state index in [-0.39, 0.29) is 11.9 Å². The van der Waals surface area contributed by atoms with Gasteiger partial charge in [0.1, 0.15) is 0 Å². The Morgan fingerprint density at radius 2 is 1.93 bits per heavy atom. The molecule has 1 saturated heterocycles. The summed E-state index contributed by atoms with van der Waals surface area (Å²) < 4.78 is 0. The van der Waals surface area contributed by atoms with Crippen molar-refractivity contribution in [2.24, 2.45) is 0 Å². The van der Waals surface area contributed by atoms with Crippen molar-refractivity contribution in [1.82, 2.24) is 14.9 Å². The van der Waals surface area contributed by atoms with Crippen molar-refractivity contribution in [1.29, 1.82) is 0 Å². The topological polar surface area (TPSA) is 61.4 Å². The fourth-order valence-corrected chi connectivity index (χ4v) is 3.93. The summed E-state index contributed by atoms with van der Waals surface area (Å²) in [5, 5.41) is 4.34. The number of aromatic nitrogens is 2. The Hall–Kier alpha value is -3.15. The normalized spacial score (nSPS) is 17.2. The van der Waals surface area contributed by atoms with Gasteiger partial charge in [0.2, 0.25) is 5.95 Å². The van der Waals surface area contributed by atoms with Gasteiger partial charge >= 0.3 is 0 Å². The summed E-state index contributed by atoms with van der Waals surface area (Å²) in [5.41, 5.74) is 2.57. The van der Waals surface area contributed by atoms with E-state index in [0.717, 1.165) is 54.2 Å². The first-order valence-electron chi connectivity index (χ1n) is 10.3. The predicted molar refractivity (Wildman–Crippen MR) is 117 cm³/mol. The summed E-state index contributed by atoms with van der Waals surface area (Å²) in [4.78, 5) is 26.8. The molecule has 0 bridgehead atoms. The zero-order valence-corrected chi connectivity index (χ0v) is 17.0. The van der Waals surface area contributed by atoms with Gasteiger partial charge in [0.15, 0.2) is 0 Å². The number of anilines is 2. The number of nitrogens with zero attached hydrogens (tertiary/aromatic N) is 4. The largest absolute Gasteiger partial charge is 0.385 e. The van der Waals surface area contributed by atoms with E-state index in [9.17, 15) is 4.79 Å². The Balaban J connectivity index is 1.55. The molecule has 0 unspecified atom stereocenters. The number of fused-ring (bicyclic) bond motifs is 1. The van der Waals surface area contributed by atoms with Crippen molar-refractivity contribution in [3.05, 3.63) is 60.3 Å². The van der Waals surface area contributed by atoms with Crippen LogP contribution >= 0.6 is 0 Å². The molecule has 0 spiro atoms. The van der Waals surface area contributed by atoms with Crippen LogP contribution in [0, 0.1) is 0 Å². The number of para-hydroxylation sites is 2. The second-order valence-electron chi connectivity index (χ2n) is 7.45. The fraction of sp³-hybridized carbons (Fsp3) is 0.348. The van der Waals surface area contributed by atoms with E-state index in [0.29, 0.717) is 6.54 Å². The van der Waals surface area contributed by atoms with Crippen LogP contribution in [0.4, 0.5) is 11.6 Å². The fourth-order valence-electron chi connectivity index (χ4n) is 3.93. The van der Waals surface area contributed by atoms with E-state index < -0.39 is 0 Å². The lowest BCUT2D eigenvalue weighted by atomic mass is 10.1. The highest BCUT2D eigenvalue weighted by Crippen LogP contribution is 2.22. The van der Waals surface area contributed by atoms with Gasteiger partial charge in [-0.1, -0.05) is 30.3 Å². The maximum absolute atomic E-state index is 13.3. The Labute approximate surface area is 171 Å². The summed E-state index contributed by atoms with van der Waals surface area (Å²) in [7, 11) is 0. The first-order valence-corrected chi connectivity index (χ1v) is 10.3. The van der Waals surface area contributed by atoms with E-state index in [2.05, 4.69) is 22.1 Å². The molecule has 4 rings (SSSR count). The Morgan fingerprint density at radius 1 is 1.14 bits per heavy atom. The maximum Gasteiger partial charge on any atom is 0.256 e. The highest BCUT2D eigenvalue weighted by molar-refractivity contribution is 5.99. The van der Waals surface area contributed by atoms with Crippen LogP contribution in [0.1, 0.15) is 30.6 Å². The zero-order valence-electron chi connectivity index (χ0n) is 17.0. The number of benzene rings is 2. The number of nitrogens with one attached hydrogen (secondary N) is 1. The Bertz CT molecular complexity index is 1010. The number of amides is 1. The molecule has 6 nitrogen and oxygen atoms in total. The maximum atomic E-state index is 13.3. The van der Waals surface area contributed by atoms with Crippen LogP contribution in [0.25, 0.3) is 10.9 Å². The van der Waals surface area contributed by atoms with Gasteiger partial charge in [-0.3, -0.25) is 4.79 Å². The molecule has 1 fully saturated rings. The first kappa shape index (κ1) is 19.2. The molecular weight excluding hydrogens is 362 g/mol. The van der Waals surface area contributed by atoms with Gasteiger partial charge in [-0.25, -0.2) is 9.97 Å². The summed E-state index contributed by atoms with van der Waals surface area (Å²) in [5.74, 6) is 0.813. The van der Waals surface area contributed by atoms with Crippen molar-refractivity contribution < 1.29 is 4.79 Å². The molecule has 3 aromatic rings. The summed E-state index contributed by atoms with van der Waals surface area (Å²) in [6.07, 6.45) is 2.76. The van der Waals surface area contributed by atoms with Crippen molar-refractivity contribution in [3.63, 3.8) is 0 Å². The molecule has 1 atom stereocenters. The molecule has 1 aliphatic rings. The summed E-state index contributed by atoms with van der Waals surface area (Å²) in [6, 6.07) is 15.8. The molecule has 0 radical (unpaired) electrons. The van der Waals surface area contributed by atoms with Gasteiger partial charge in [0.05, 0.1) is 11.1 Å². The van der Waals surface area contributed by atoms with Crippen LogP contribution in [0.5, 0.6) is 0 Å². The van der Waals surface area contributed by atoms with E-state index in [1.54, 1.807) is 0 Å². The molecule has 1 amide bonds. The Kier molecular flexibility index (Phi) is 5.60. The van der Waals surface area contributed by atoms with E-state index >= 15 is 0 Å². The number of carbonyl (C=O) groups excluding carboxylic acids is 1. The summed E-state index contributed by atoms with van der Waals surface area (Å²) in [6.45, 7) is 7.20. The molecule has 2 heterocycles. The SMILES string of the molecule is CCNc1ccccc1C(=O)N1CCCN(c2ncc3ccccc3n2)C[C@@H]1C. The number of rotatable bonds is 4. The van der Waals surface area contributed by atoms with Crippen LogP contribution < -0.4 is 10.2 Å². The quantitative estimate of drug-likeness (QED) is 0.735. The second-order valence-corrected chi connectivity index (χ2v) is 7.45. The third-order valence-electron chi connectivity index (χ3n) is 5.39. The monoisotopic (exact) mass is 389 g/mol. The standard InChI is InChI=1S/C23H27N5O/c1-3-24-21-12-7-5-10-19(21)22(29)28-14-8-13-27(16-17(28)2)23-25-15-18-9-4-6-11-20(18)26-23/h4-7,9-12,15,17,24H,3,8,13-14,16H2,1-2H3/t17-/m0/s1. The minimum atomic E-state index is 0.0646.